The number of carbonyl (C=O) groups excluding carboxylic acids is 3. The van der Waals surface area contributed by atoms with Gasteiger partial charge in [-0.1, -0.05) is 32.0 Å². The summed E-state index contributed by atoms with van der Waals surface area (Å²) in [7, 11) is 1.45. The summed E-state index contributed by atoms with van der Waals surface area (Å²) in [6, 6.07) is 8.66. The van der Waals surface area contributed by atoms with E-state index >= 15 is 0 Å². The third-order valence-electron chi connectivity index (χ3n) is 4.07. The molecule has 1 unspecified atom stereocenters. The van der Waals surface area contributed by atoms with Crippen LogP contribution >= 0.6 is 0 Å². The zero-order valence-corrected chi connectivity index (χ0v) is 14.9. The second kappa shape index (κ2) is 8.24. The van der Waals surface area contributed by atoms with Crippen LogP contribution in [0.25, 0.3) is 5.69 Å². The van der Waals surface area contributed by atoms with Gasteiger partial charge in [-0.05, 0) is 18.1 Å². The second-order valence-corrected chi connectivity index (χ2v) is 6.05. The minimum atomic E-state index is -1.23. The van der Waals surface area contributed by atoms with Crippen LogP contribution in [0.5, 0.6) is 0 Å². The normalized spacial score (nSPS) is 12.9. The number of nitrogens with zero attached hydrogens (tertiary/aromatic N) is 3. The molecule has 0 spiro atoms. The molecule has 1 aromatic heterocycles. The van der Waals surface area contributed by atoms with Crippen molar-refractivity contribution >= 4 is 18.2 Å². The minimum absolute atomic E-state index is 0.0708. The lowest BCUT2D eigenvalue weighted by molar-refractivity contribution is -0.114. The molecule has 3 N–H and O–H groups in total. The largest absolute Gasteiger partial charge is 0.348 e. The van der Waals surface area contributed by atoms with Gasteiger partial charge in [-0.3, -0.25) is 4.79 Å². The molecular formula is C17H22N6O3. The highest BCUT2D eigenvalue weighted by atomic mass is 16.2. The molecule has 1 atom stereocenters. The number of hydrogen-bond acceptors (Lipinski definition) is 5. The summed E-state index contributed by atoms with van der Waals surface area (Å²) in [5.41, 5.74) is -0.403. The first-order valence-corrected chi connectivity index (χ1v) is 8.14. The van der Waals surface area contributed by atoms with Crippen LogP contribution in [0.15, 0.2) is 36.5 Å². The van der Waals surface area contributed by atoms with E-state index in [2.05, 4.69) is 26.1 Å². The SMILES string of the molecule is CNC(=O)NC(C=O)(CNC(=O)c1cnn(-c2ccccc2)n1)C(C)C. The Bertz CT molecular complexity index is 774. The number of aromatic nitrogens is 3. The van der Waals surface area contributed by atoms with Crippen LogP contribution in [0.2, 0.25) is 0 Å². The lowest BCUT2D eigenvalue weighted by Crippen LogP contribution is -2.61. The van der Waals surface area contributed by atoms with E-state index < -0.39 is 17.5 Å². The zero-order chi connectivity index (χ0) is 19.2. The summed E-state index contributed by atoms with van der Waals surface area (Å²) >= 11 is 0. The highest BCUT2D eigenvalue weighted by molar-refractivity contribution is 5.92. The van der Waals surface area contributed by atoms with Gasteiger partial charge in [0.15, 0.2) is 5.69 Å². The molecule has 9 heteroatoms. The molecule has 138 valence electrons. The van der Waals surface area contributed by atoms with Crippen LogP contribution in [0.1, 0.15) is 24.3 Å². The van der Waals surface area contributed by atoms with Gasteiger partial charge in [0, 0.05) is 13.6 Å². The van der Waals surface area contributed by atoms with Crippen LogP contribution in [0.3, 0.4) is 0 Å². The van der Waals surface area contributed by atoms with E-state index in [0.717, 1.165) is 5.69 Å². The van der Waals surface area contributed by atoms with Crippen molar-refractivity contribution in [3.8, 4) is 5.69 Å². The summed E-state index contributed by atoms with van der Waals surface area (Å²) in [4.78, 5) is 37.0. The Morgan fingerprint density at radius 3 is 2.54 bits per heavy atom. The van der Waals surface area contributed by atoms with E-state index in [1.807, 2.05) is 30.3 Å². The average Bonchev–Trinajstić information content (AvgIpc) is 3.15. The van der Waals surface area contributed by atoms with Gasteiger partial charge in [-0.25, -0.2) is 4.79 Å². The van der Waals surface area contributed by atoms with Gasteiger partial charge in [-0.2, -0.15) is 9.90 Å². The van der Waals surface area contributed by atoms with Crippen LogP contribution in [0, 0.1) is 5.92 Å². The summed E-state index contributed by atoms with van der Waals surface area (Å²) in [5, 5.41) is 15.8. The van der Waals surface area contributed by atoms with E-state index in [1.165, 1.54) is 18.0 Å². The molecular weight excluding hydrogens is 336 g/mol. The number of carbonyl (C=O) groups is 3. The van der Waals surface area contributed by atoms with Gasteiger partial charge < -0.3 is 20.7 Å². The molecule has 0 aliphatic carbocycles. The highest BCUT2D eigenvalue weighted by Gasteiger charge is 2.36. The van der Waals surface area contributed by atoms with Gasteiger partial charge in [0.25, 0.3) is 5.91 Å². The number of rotatable bonds is 7. The molecule has 0 bridgehead atoms. The Morgan fingerprint density at radius 1 is 1.27 bits per heavy atom. The van der Waals surface area contributed by atoms with Crippen molar-refractivity contribution in [2.75, 3.05) is 13.6 Å². The number of para-hydroxylation sites is 1. The Balaban J connectivity index is 2.10. The maximum absolute atomic E-state index is 12.4. The molecule has 1 aromatic carbocycles. The fourth-order valence-corrected chi connectivity index (χ4v) is 2.24. The number of nitrogens with one attached hydrogen (secondary N) is 3. The van der Waals surface area contributed by atoms with Gasteiger partial charge in [-0.15, -0.1) is 5.10 Å². The Hall–Kier alpha value is -3.23. The maximum Gasteiger partial charge on any atom is 0.315 e. The van der Waals surface area contributed by atoms with E-state index in [9.17, 15) is 14.4 Å². The monoisotopic (exact) mass is 358 g/mol. The van der Waals surface area contributed by atoms with E-state index in [1.54, 1.807) is 13.8 Å². The Kier molecular flexibility index (Phi) is 6.05. The topological polar surface area (TPSA) is 118 Å². The van der Waals surface area contributed by atoms with Crippen molar-refractivity contribution in [1.29, 1.82) is 0 Å². The Morgan fingerprint density at radius 2 is 1.96 bits per heavy atom. The third kappa shape index (κ3) is 4.24. The van der Waals surface area contributed by atoms with Crippen molar-refractivity contribution in [3.05, 3.63) is 42.2 Å². The summed E-state index contributed by atoms with van der Waals surface area (Å²) in [6.45, 7) is 3.49. The van der Waals surface area contributed by atoms with Gasteiger partial charge in [0.05, 0.1) is 11.9 Å². The molecule has 2 rings (SSSR count). The molecule has 9 nitrogen and oxygen atoms in total. The van der Waals surface area contributed by atoms with E-state index in [0.29, 0.717) is 6.29 Å². The van der Waals surface area contributed by atoms with Crippen molar-refractivity contribution in [1.82, 2.24) is 30.9 Å². The van der Waals surface area contributed by atoms with Crippen LogP contribution in [-0.2, 0) is 4.79 Å². The summed E-state index contributed by atoms with van der Waals surface area (Å²) in [5.74, 6) is -0.727. The summed E-state index contributed by atoms with van der Waals surface area (Å²) in [6.07, 6.45) is 1.97. The molecule has 0 fully saturated rings. The number of aldehydes is 1. The maximum atomic E-state index is 12.4. The van der Waals surface area contributed by atoms with Crippen molar-refractivity contribution in [2.24, 2.45) is 5.92 Å². The second-order valence-electron chi connectivity index (χ2n) is 6.05. The van der Waals surface area contributed by atoms with E-state index in [-0.39, 0.29) is 18.2 Å². The lowest BCUT2D eigenvalue weighted by atomic mass is 9.87. The van der Waals surface area contributed by atoms with Crippen molar-refractivity contribution < 1.29 is 14.4 Å². The first-order valence-electron chi connectivity index (χ1n) is 8.14. The van der Waals surface area contributed by atoms with E-state index in [4.69, 9.17) is 0 Å². The first kappa shape index (κ1) is 19.1. The molecule has 0 saturated heterocycles. The molecule has 0 radical (unpaired) electrons. The molecule has 0 saturated carbocycles. The summed E-state index contributed by atoms with van der Waals surface area (Å²) < 4.78 is 0. The zero-order valence-electron chi connectivity index (χ0n) is 14.9. The number of amides is 3. The predicted molar refractivity (Wildman–Crippen MR) is 94.9 cm³/mol. The molecule has 0 aliphatic heterocycles. The lowest BCUT2D eigenvalue weighted by Gasteiger charge is -2.33. The molecule has 0 aliphatic rings. The Labute approximate surface area is 151 Å². The minimum Gasteiger partial charge on any atom is -0.348 e. The van der Waals surface area contributed by atoms with Crippen LogP contribution in [0.4, 0.5) is 4.79 Å². The number of hydrogen-bond donors (Lipinski definition) is 3. The molecule has 26 heavy (non-hydrogen) atoms. The highest BCUT2D eigenvalue weighted by Crippen LogP contribution is 2.14. The fraction of sp³-hybridized carbons (Fsp3) is 0.353. The fourth-order valence-electron chi connectivity index (χ4n) is 2.24. The molecule has 1 heterocycles. The standard InChI is InChI=1S/C17H22N6O3/c1-12(2)17(11-24,21-16(26)18-3)10-19-15(25)14-9-20-23(22-14)13-7-5-4-6-8-13/h4-9,11-12H,10H2,1-3H3,(H,19,25)(H2,18,21,26). The molecule has 2 aromatic rings. The van der Waals surface area contributed by atoms with Crippen LogP contribution < -0.4 is 16.0 Å². The quantitative estimate of drug-likeness (QED) is 0.624. The number of urea groups is 1. The third-order valence-corrected chi connectivity index (χ3v) is 4.07. The molecule has 3 amide bonds. The number of benzene rings is 1. The average molecular weight is 358 g/mol. The van der Waals surface area contributed by atoms with Gasteiger partial charge >= 0.3 is 6.03 Å². The van der Waals surface area contributed by atoms with Crippen LogP contribution in [-0.4, -0.2) is 52.3 Å². The van der Waals surface area contributed by atoms with Gasteiger partial charge in [0.2, 0.25) is 0 Å². The predicted octanol–water partition coefficient (Wildman–Crippen LogP) is 0.520. The van der Waals surface area contributed by atoms with Crippen molar-refractivity contribution in [3.63, 3.8) is 0 Å². The van der Waals surface area contributed by atoms with Gasteiger partial charge in [0.1, 0.15) is 11.8 Å². The van der Waals surface area contributed by atoms with Crippen molar-refractivity contribution in [2.45, 2.75) is 19.4 Å². The smallest absolute Gasteiger partial charge is 0.315 e. The first-order chi connectivity index (χ1) is 12.4.